The number of rotatable bonds is 6. The summed E-state index contributed by atoms with van der Waals surface area (Å²) in [5.41, 5.74) is 4.21. The molecule has 4 heteroatoms. The molecule has 0 unspecified atom stereocenters. The zero-order chi connectivity index (χ0) is 15.5. The van der Waals surface area contributed by atoms with Crippen LogP contribution in [0.25, 0.3) is 0 Å². The van der Waals surface area contributed by atoms with Gasteiger partial charge in [0.15, 0.2) is 7.37 Å². The van der Waals surface area contributed by atoms with Crippen LogP contribution in [0.3, 0.4) is 0 Å². The van der Waals surface area contributed by atoms with Crippen molar-refractivity contribution < 1.29 is 13.9 Å². The Labute approximate surface area is 122 Å². The van der Waals surface area contributed by atoms with Gasteiger partial charge in [-0.2, -0.15) is 0 Å². The summed E-state index contributed by atoms with van der Waals surface area (Å²) in [6, 6.07) is 4.09. The Morgan fingerprint density at radius 2 is 1.85 bits per heavy atom. The zero-order valence-corrected chi connectivity index (χ0v) is 14.2. The molecule has 0 spiro atoms. The minimum Gasteiger partial charge on any atom is -0.324 e. The zero-order valence-electron chi connectivity index (χ0n) is 13.3. The lowest BCUT2D eigenvalue weighted by Gasteiger charge is -2.16. The predicted octanol–water partition coefficient (Wildman–Crippen LogP) is 4.13. The number of benzene rings is 1. The van der Waals surface area contributed by atoms with Gasteiger partial charge in [-0.15, -0.1) is 0 Å². The van der Waals surface area contributed by atoms with Crippen LogP contribution in [-0.2, 0) is 26.9 Å². The first-order chi connectivity index (χ1) is 9.10. The Balaban J connectivity index is 3.07. The fraction of sp³-hybridized carbons (Fsp3) is 0.562. The standard InChI is InChI=1S/C16H25O3P/c1-11(2)16(17)9-15-13(4)7-12(3)8-14(15)10-19-20(5,6)18/h7-8,11H,9-10H2,1-6H3. The third-order valence-corrected chi connectivity index (χ3v) is 3.99. The van der Waals surface area contributed by atoms with Gasteiger partial charge in [0.05, 0.1) is 6.61 Å². The summed E-state index contributed by atoms with van der Waals surface area (Å²) in [4.78, 5) is 12.0. The van der Waals surface area contributed by atoms with Gasteiger partial charge in [0.1, 0.15) is 5.78 Å². The molecular weight excluding hydrogens is 271 g/mol. The highest BCUT2D eigenvalue weighted by Crippen LogP contribution is 2.39. The number of aryl methyl sites for hydroxylation is 2. The molecule has 0 amide bonds. The van der Waals surface area contributed by atoms with Crippen molar-refractivity contribution in [3.8, 4) is 0 Å². The lowest BCUT2D eigenvalue weighted by molar-refractivity contribution is -0.121. The van der Waals surface area contributed by atoms with Crippen molar-refractivity contribution in [1.29, 1.82) is 0 Å². The van der Waals surface area contributed by atoms with E-state index in [-0.39, 0.29) is 11.7 Å². The molecule has 0 heterocycles. The summed E-state index contributed by atoms with van der Waals surface area (Å²) in [6.07, 6.45) is 0.417. The second-order valence-electron chi connectivity index (χ2n) is 6.04. The van der Waals surface area contributed by atoms with Crippen LogP contribution >= 0.6 is 7.37 Å². The number of Topliss-reactive ketones (excluding diaryl/α,β-unsaturated/α-hetero) is 1. The van der Waals surface area contributed by atoms with E-state index in [1.165, 1.54) is 0 Å². The van der Waals surface area contributed by atoms with Crippen LogP contribution in [0.5, 0.6) is 0 Å². The van der Waals surface area contributed by atoms with Crippen molar-refractivity contribution in [3.63, 3.8) is 0 Å². The van der Waals surface area contributed by atoms with Gasteiger partial charge in [-0.3, -0.25) is 9.36 Å². The summed E-state index contributed by atoms with van der Waals surface area (Å²) < 4.78 is 17.2. The van der Waals surface area contributed by atoms with E-state index in [1.54, 1.807) is 13.3 Å². The number of hydrogen-bond donors (Lipinski definition) is 0. The van der Waals surface area contributed by atoms with E-state index < -0.39 is 7.37 Å². The average Bonchev–Trinajstić information content (AvgIpc) is 2.28. The van der Waals surface area contributed by atoms with Crippen LogP contribution in [0, 0.1) is 19.8 Å². The molecule has 0 saturated heterocycles. The van der Waals surface area contributed by atoms with E-state index in [0.29, 0.717) is 13.0 Å². The first kappa shape index (κ1) is 17.1. The SMILES string of the molecule is Cc1cc(C)c(CC(=O)C(C)C)c(COP(C)(C)=O)c1. The molecule has 20 heavy (non-hydrogen) atoms. The maximum absolute atomic E-state index is 12.0. The Bertz CT molecular complexity index is 541. The molecular formula is C16H25O3P. The fourth-order valence-electron chi connectivity index (χ4n) is 2.07. The number of ketones is 1. The van der Waals surface area contributed by atoms with Crippen LogP contribution in [0.2, 0.25) is 0 Å². The summed E-state index contributed by atoms with van der Waals surface area (Å²) in [5.74, 6) is 0.238. The van der Waals surface area contributed by atoms with Gasteiger partial charge < -0.3 is 4.52 Å². The molecule has 0 saturated carbocycles. The van der Waals surface area contributed by atoms with Gasteiger partial charge in [0.2, 0.25) is 0 Å². The molecule has 0 aliphatic heterocycles. The molecule has 1 aromatic rings. The first-order valence-corrected chi connectivity index (χ1v) is 9.43. The van der Waals surface area contributed by atoms with Crippen molar-refractivity contribution in [2.45, 2.75) is 40.7 Å². The molecule has 0 bridgehead atoms. The van der Waals surface area contributed by atoms with Gasteiger partial charge in [0, 0.05) is 25.7 Å². The van der Waals surface area contributed by atoms with Gasteiger partial charge in [0.25, 0.3) is 0 Å². The highest BCUT2D eigenvalue weighted by molar-refractivity contribution is 7.57. The van der Waals surface area contributed by atoms with Gasteiger partial charge >= 0.3 is 0 Å². The third-order valence-electron chi connectivity index (χ3n) is 3.24. The van der Waals surface area contributed by atoms with Crippen LogP contribution in [-0.4, -0.2) is 19.1 Å². The molecule has 0 aromatic heterocycles. The van der Waals surface area contributed by atoms with Gasteiger partial charge in [-0.1, -0.05) is 31.5 Å². The minimum atomic E-state index is -2.52. The molecule has 0 fully saturated rings. The Morgan fingerprint density at radius 1 is 1.25 bits per heavy atom. The lowest BCUT2D eigenvalue weighted by atomic mass is 9.92. The molecule has 0 aliphatic rings. The third kappa shape index (κ3) is 5.22. The summed E-state index contributed by atoms with van der Waals surface area (Å²) in [6.45, 7) is 11.4. The average molecular weight is 296 g/mol. The first-order valence-electron chi connectivity index (χ1n) is 6.91. The molecule has 0 radical (unpaired) electrons. The van der Waals surface area contributed by atoms with Crippen LogP contribution in [0.1, 0.15) is 36.1 Å². The Morgan fingerprint density at radius 3 is 2.35 bits per heavy atom. The highest BCUT2D eigenvalue weighted by Gasteiger charge is 2.16. The number of hydrogen-bond acceptors (Lipinski definition) is 3. The highest BCUT2D eigenvalue weighted by atomic mass is 31.2. The summed E-state index contributed by atoms with van der Waals surface area (Å²) >= 11 is 0. The summed E-state index contributed by atoms with van der Waals surface area (Å²) in [5, 5.41) is 0. The fourth-order valence-corrected chi connectivity index (χ4v) is 2.52. The Kier molecular flexibility index (Phi) is 5.73. The smallest absolute Gasteiger partial charge is 0.197 e. The monoisotopic (exact) mass is 296 g/mol. The van der Waals surface area contributed by atoms with Gasteiger partial charge in [-0.25, -0.2) is 0 Å². The van der Waals surface area contributed by atoms with Crippen molar-refractivity contribution in [2.24, 2.45) is 5.92 Å². The largest absolute Gasteiger partial charge is 0.324 e. The molecule has 1 rings (SSSR count). The number of carbonyl (C=O) groups excluding carboxylic acids is 1. The van der Waals surface area contributed by atoms with E-state index >= 15 is 0 Å². The molecule has 1 aromatic carbocycles. The molecule has 0 atom stereocenters. The van der Waals surface area contributed by atoms with Crippen molar-refractivity contribution >= 4 is 13.2 Å². The van der Waals surface area contributed by atoms with E-state index in [0.717, 1.165) is 22.3 Å². The lowest BCUT2D eigenvalue weighted by Crippen LogP contribution is -2.13. The van der Waals surface area contributed by atoms with Crippen LogP contribution in [0.15, 0.2) is 12.1 Å². The quantitative estimate of drug-likeness (QED) is 0.741. The molecule has 0 N–H and O–H groups in total. The predicted molar refractivity (Wildman–Crippen MR) is 83.7 cm³/mol. The Hall–Kier alpha value is -0.920. The van der Waals surface area contributed by atoms with Gasteiger partial charge in [-0.05, 0) is 30.5 Å². The van der Waals surface area contributed by atoms with Crippen molar-refractivity contribution in [1.82, 2.24) is 0 Å². The summed E-state index contributed by atoms with van der Waals surface area (Å²) in [7, 11) is -2.52. The van der Waals surface area contributed by atoms with Crippen LogP contribution < -0.4 is 0 Å². The maximum atomic E-state index is 12.0. The normalized spacial score (nSPS) is 11.9. The number of carbonyl (C=O) groups is 1. The van der Waals surface area contributed by atoms with E-state index in [9.17, 15) is 9.36 Å². The molecule has 3 nitrogen and oxygen atoms in total. The van der Waals surface area contributed by atoms with Crippen molar-refractivity contribution in [2.75, 3.05) is 13.3 Å². The topological polar surface area (TPSA) is 43.4 Å². The minimum absolute atomic E-state index is 0.0212. The van der Waals surface area contributed by atoms with Crippen LogP contribution in [0.4, 0.5) is 0 Å². The second kappa shape index (κ2) is 6.69. The van der Waals surface area contributed by atoms with E-state index in [1.807, 2.05) is 33.8 Å². The second-order valence-corrected chi connectivity index (χ2v) is 8.81. The maximum Gasteiger partial charge on any atom is 0.197 e. The van der Waals surface area contributed by atoms with E-state index in [4.69, 9.17) is 4.52 Å². The molecule has 112 valence electrons. The van der Waals surface area contributed by atoms with E-state index in [2.05, 4.69) is 6.07 Å². The molecule has 0 aliphatic carbocycles. The van der Waals surface area contributed by atoms with Crippen molar-refractivity contribution in [3.05, 3.63) is 34.4 Å².